The third kappa shape index (κ3) is 4.05. The number of fused-ring (bicyclic) bond motifs is 3. The number of hydrogen-bond acceptors (Lipinski definition) is 5. The molecule has 0 bridgehead atoms. The van der Waals surface area contributed by atoms with Gasteiger partial charge in [0, 0.05) is 18.9 Å². The molecule has 0 aromatic heterocycles. The van der Waals surface area contributed by atoms with E-state index in [4.69, 9.17) is 9.84 Å². The number of alkyl carbamates (subject to hydrolysis) is 1. The number of amides is 2. The maximum Gasteiger partial charge on any atom is 0.408 e. The van der Waals surface area contributed by atoms with Gasteiger partial charge in [0.15, 0.2) is 0 Å². The van der Waals surface area contributed by atoms with Gasteiger partial charge in [-0.15, -0.1) is 0 Å². The van der Waals surface area contributed by atoms with Crippen molar-refractivity contribution >= 4 is 18.0 Å². The number of carbonyl (C=O) groups excluding carboxylic acids is 2. The number of carboxylic acid groups (broad SMARTS) is 1. The molecule has 0 aliphatic heterocycles. The van der Waals surface area contributed by atoms with Crippen molar-refractivity contribution in [1.82, 2.24) is 10.6 Å². The highest BCUT2D eigenvalue weighted by atomic mass is 16.5. The Morgan fingerprint density at radius 1 is 1.03 bits per heavy atom. The summed E-state index contributed by atoms with van der Waals surface area (Å²) in [6.07, 6.45) is 0.704. The highest BCUT2D eigenvalue weighted by Gasteiger charge is 2.47. The molecule has 2 aromatic rings. The Hall–Kier alpha value is -3.39. The summed E-state index contributed by atoms with van der Waals surface area (Å²) < 4.78 is 5.53. The van der Waals surface area contributed by atoms with E-state index in [1.165, 1.54) is 0 Å². The monoisotopic (exact) mass is 438 g/mol. The number of benzene rings is 2. The van der Waals surface area contributed by atoms with Crippen LogP contribution in [0.3, 0.4) is 0 Å². The maximum atomic E-state index is 12.7. The van der Waals surface area contributed by atoms with Crippen molar-refractivity contribution in [2.24, 2.45) is 0 Å². The van der Waals surface area contributed by atoms with Crippen LogP contribution < -0.4 is 10.6 Å². The number of ether oxygens (including phenoxy) is 1. The second kappa shape index (κ2) is 9.00. The molecule has 8 nitrogen and oxygen atoms in total. The number of nitrogens with one attached hydrogen (secondary N) is 2. The van der Waals surface area contributed by atoms with Crippen LogP contribution in [0.2, 0.25) is 0 Å². The molecule has 168 valence electrons. The van der Waals surface area contributed by atoms with Gasteiger partial charge in [-0.2, -0.15) is 0 Å². The van der Waals surface area contributed by atoms with E-state index in [1.807, 2.05) is 48.5 Å². The molecule has 8 heteroatoms. The Kier molecular flexibility index (Phi) is 6.14. The van der Waals surface area contributed by atoms with Crippen molar-refractivity contribution in [3.8, 4) is 11.1 Å². The molecule has 4 rings (SSSR count). The Morgan fingerprint density at radius 2 is 1.62 bits per heavy atom. The van der Waals surface area contributed by atoms with E-state index in [0.29, 0.717) is 12.8 Å². The van der Waals surface area contributed by atoms with Crippen molar-refractivity contribution in [3.05, 3.63) is 59.7 Å². The van der Waals surface area contributed by atoms with Crippen molar-refractivity contribution in [1.29, 1.82) is 0 Å². The Labute approximate surface area is 185 Å². The smallest absolute Gasteiger partial charge is 0.408 e. The van der Waals surface area contributed by atoms with Crippen molar-refractivity contribution < 1.29 is 29.3 Å². The van der Waals surface area contributed by atoms with E-state index in [-0.39, 0.29) is 25.6 Å². The zero-order valence-electron chi connectivity index (χ0n) is 17.5. The highest BCUT2D eigenvalue weighted by Crippen LogP contribution is 2.44. The van der Waals surface area contributed by atoms with Crippen LogP contribution in [0.25, 0.3) is 11.1 Å². The second-order valence-corrected chi connectivity index (χ2v) is 8.26. The molecule has 2 amide bonds. The molecule has 2 aromatic carbocycles. The Bertz CT molecular complexity index is 987. The fourth-order valence-corrected chi connectivity index (χ4v) is 4.45. The SMILES string of the molecule is O=C(NC1(C(=O)N[C@H](CCO)C(=O)O)CCC1)OCC1c2ccccc2-c2ccccc21. The zero-order chi connectivity index (χ0) is 22.7. The number of aliphatic hydroxyl groups excluding tert-OH is 1. The number of rotatable bonds is 8. The molecular weight excluding hydrogens is 412 g/mol. The molecule has 1 fully saturated rings. The summed E-state index contributed by atoms with van der Waals surface area (Å²) in [6.45, 7) is -0.246. The van der Waals surface area contributed by atoms with Crippen LogP contribution >= 0.6 is 0 Å². The van der Waals surface area contributed by atoms with E-state index in [0.717, 1.165) is 28.7 Å². The van der Waals surface area contributed by atoms with Crippen molar-refractivity contribution in [3.63, 3.8) is 0 Å². The third-order valence-electron chi connectivity index (χ3n) is 6.35. The first-order valence-electron chi connectivity index (χ1n) is 10.7. The van der Waals surface area contributed by atoms with Gasteiger partial charge in [0.2, 0.25) is 5.91 Å². The van der Waals surface area contributed by atoms with E-state index in [1.54, 1.807) is 0 Å². The first-order chi connectivity index (χ1) is 15.4. The Morgan fingerprint density at radius 3 is 2.12 bits per heavy atom. The topological polar surface area (TPSA) is 125 Å². The van der Waals surface area contributed by atoms with E-state index in [9.17, 15) is 19.5 Å². The summed E-state index contributed by atoms with van der Waals surface area (Å²) in [5.74, 6) is -1.90. The molecule has 0 unspecified atom stereocenters. The lowest BCUT2D eigenvalue weighted by atomic mass is 9.76. The van der Waals surface area contributed by atoms with E-state index >= 15 is 0 Å². The largest absolute Gasteiger partial charge is 0.480 e. The molecule has 0 spiro atoms. The molecule has 32 heavy (non-hydrogen) atoms. The quantitative estimate of drug-likeness (QED) is 0.502. The number of hydrogen-bond donors (Lipinski definition) is 4. The standard InChI is InChI=1S/C24H26N2O6/c27-13-10-20(21(28)29)25-22(30)24(11-5-12-24)26-23(31)32-14-19-17-8-3-1-6-15(17)16-7-2-4-9-18(16)19/h1-4,6-9,19-20,27H,5,10-14H2,(H,25,30)(H,26,31)(H,28,29)/t20-/m1/s1. The molecule has 0 heterocycles. The summed E-state index contributed by atoms with van der Waals surface area (Å²) in [4.78, 5) is 36.6. The molecule has 2 aliphatic carbocycles. The van der Waals surface area contributed by atoms with Crippen LogP contribution in [0.15, 0.2) is 48.5 Å². The first-order valence-corrected chi connectivity index (χ1v) is 10.7. The van der Waals surface area contributed by atoms with Gasteiger partial charge in [0.25, 0.3) is 0 Å². The molecule has 1 saturated carbocycles. The molecule has 0 saturated heterocycles. The van der Waals surface area contributed by atoms with Crippen molar-refractivity contribution in [2.75, 3.05) is 13.2 Å². The number of aliphatic carboxylic acids is 1. The van der Waals surface area contributed by atoms with Gasteiger partial charge in [-0.3, -0.25) is 4.79 Å². The lowest BCUT2D eigenvalue weighted by molar-refractivity contribution is -0.144. The normalized spacial score (nSPS) is 16.8. The van der Waals surface area contributed by atoms with Crippen LogP contribution in [0.1, 0.15) is 42.7 Å². The minimum atomic E-state index is -1.23. The van der Waals surface area contributed by atoms with Gasteiger partial charge in [0.05, 0.1) is 0 Å². The Balaban J connectivity index is 1.41. The number of aliphatic hydroxyl groups is 1. The fraction of sp³-hybridized carbons (Fsp3) is 0.375. The average molecular weight is 438 g/mol. The van der Waals surface area contributed by atoms with Crippen LogP contribution in [0.4, 0.5) is 4.79 Å². The summed E-state index contributed by atoms with van der Waals surface area (Å²) in [7, 11) is 0. The van der Waals surface area contributed by atoms with Crippen LogP contribution in [-0.4, -0.2) is 53.0 Å². The van der Waals surface area contributed by atoms with Crippen LogP contribution in [0.5, 0.6) is 0 Å². The number of carboxylic acids is 1. The van der Waals surface area contributed by atoms with Crippen LogP contribution in [-0.2, 0) is 14.3 Å². The van der Waals surface area contributed by atoms with Gasteiger partial charge in [-0.1, -0.05) is 48.5 Å². The maximum absolute atomic E-state index is 12.7. The lowest BCUT2D eigenvalue weighted by Gasteiger charge is -2.40. The average Bonchev–Trinajstić information content (AvgIpc) is 3.08. The summed E-state index contributed by atoms with van der Waals surface area (Å²) in [5, 5.41) is 23.3. The van der Waals surface area contributed by atoms with E-state index in [2.05, 4.69) is 10.6 Å². The van der Waals surface area contributed by atoms with E-state index < -0.39 is 29.6 Å². The van der Waals surface area contributed by atoms with Gasteiger partial charge < -0.3 is 25.6 Å². The molecule has 4 N–H and O–H groups in total. The molecule has 1 atom stereocenters. The predicted octanol–water partition coefficient (Wildman–Crippen LogP) is 2.40. The van der Waals surface area contributed by atoms with Crippen LogP contribution in [0, 0.1) is 0 Å². The summed E-state index contributed by atoms with van der Waals surface area (Å²) >= 11 is 0. The second-order valence-electron chi connectivity index (χ2n) is 8.26. The predicted molar refractivity (Wildman–Crippen MR) is 116 cm³/mol. The van der Waals surface area contributed by atoms with Gasteiger partial charge in [-0.25, -0.2) is 9.59 Å². The van der Waals surface area contributed by atoms with Gasteiger partial charge in [-0.05, 0) is 41.5 Å². The van der Waals surface area contributed by atoms with Gasteiger partial charge in [0.1, 0.15) is 18.2 Å². The lowest BCUT2D eigenvalue weighted by Crippen LogP contribution is -2.64. The first kappa shape index (κ1) is 21.8. The minimum absolute atomic E-state index is 0.0970. The fourth-order valence-electron chi connectivity index (χ4n) is 4.45. The third-order valence-corrected chi connectivity index (χ3v) is 6.35. The zero-order valence-corrected chi connectivity index (χ0v) is 17.5. The molecule has 2 aliphatic rings. The number of carbonyl (C=O) groups is 3. The molecule has 0 radical (unpaired) electrons. The van der Waals surface area contributed by atoms with Crippen molar-refractivity contribution in [2.45, 2.75) is 43.2 Å². The minimum Gasteiger partial charge on any atom is -0.480 e. The molecular formula is C24H26N2O6. The summed E-state index contributed by atoms with van der Waals surface area (Å²) in [6, 6.07) is 14.8. The highest BCUT2D eigenvalue weighted by molar-refractivity contribution is 5.93. The van der Waals surface area contributed by atoms with Gasteiger partial charge >= 0.3 is 12.1 Å². The summed E-state index contributed by atoms with van der Waals surface area (Å²) in [5.41, 5.74) is 3.23.